The van der Waals surface area contributed by atoms with Crippen LogP contribution >= 0.6 is 0 Å². The Bertz CT molecular complexity index is 130. The molecule has 3 nitrogen and oxygen atoms in total. The van der Waals surface area contributed by atoms with E-state index in [0.717, 1.165) is 26.0 Å². The van der Waals surface area contributed by atoms with E-state index in [-0.39, 0.29) is 7.33 Å². The minimum atomic E-state index is 0. The van der Waals surface area contributed by atoms with Gasteiger partial charge in [0.2, 0.25) is 5.91 Å². The van der Waals surface area contributed by atoms with Crippen LogP contribution in [-0.2, 0) is 9.53 Å². The van der Waals surface area contributed by atoms with Gasteiger partial charge in [-0.25, -0.2) is 0 Å². The highest BCUT2D eigenvalue weighted by Crippen LogP contribution is 1.93. The van der Waals surface area contributed by atoms with E-state index >= 15 is 0 Å². The van der Waals surface area contributed by atoms with E-state index in [0.29, 0.717) is 13.0 Å². The minimum Gasteiger partial charge on any atom is -0.382 e. The van der Waals surface area contributed by atoms with E-state index in [1.165, 1.54) is 12.8 Å². The Hall–Kier alpha value is -0.570. The molecule has 0 radical (unpaired) electrons. The molecule has 0 fully saturated rings. The van der Waals surface area contributed by atoms with Crippen molar-refractivity contribution in [3.8, 4) is 0 Å². The number of nitrogens with one attached hydrogen (secondary N) is 1. The highest BCUT2D eigenvalue weighted by Gasteiger charge is 1.99. The maximum absolute atomic E-state index is 11.2. The molecule has 0 aliphatic rings. The first-order valence-electron chi connectivity index (χ1n) is 7.65. The van der Waals surface area contributed by atoms with Gasteiger partial charge in [-0.15, -0.1) is 0 Å². The largest absolute Gasteiger partial charge is 0.382 e. The van der Waals surface area contributed by atoms with Gasteiger partial charge in [0.05, 0.1) is 0 Å². The molecule has 1 N–H and O–H groups in total. The number of carbonyl (C=O) groups is 1. The van der Waals surface area contributed by atoms with Crippen LogP contribution in [0.15, 0.2) is 0 Å². The number of rotatable bonds is 9. The number of hydrogen-bond donors (Lipinski definition) is 1. The second-order valence-corrected chi connectivity index (χ2v) is 3.36. The Morgan fingerprint density at radius 2 is 1.67 bits per heavy atom. The molecular weight excluding hydrogens is 226 g/mol. The number of amides is 1. The molecule has 0 unspecified atom stereocenters. The normalized spacial score (nSPS) is 8.56. The van der Waals surface area contributed by atoms with E-state index in [2.05, 4.69) is 12.2 Å². The highest BCUT2D eigenvalue weighted by molar-refractivity contribution is 5.75. The maximum Gasteiger partial charge on any atom is 0.220 e. The van der Waals surface area contributed by atoms with Crippen molar-refractivity contribution in [2.45, 2.75) is 73.6 Å². The van der Waals surface area contributed by atoms with E-state index < -0.39 is 0 Å². The Morgan fingerprint density at radius 3 is 2.17 bits per heavy atom. The molecule has 0 heterocycles. The summed E-state index contributed by atoms with van der Waals surface area (Å²) >= 11 is 0. The van der Waals surface area contributed by atoms with Crippen molar-refractivity contribution in [3.05, 3.63) is 0 Å². The molecule has 0 aliphatic carbocycles. The topological polar surface area (TPSA) is 38.3 Å². The molecule has 0 aromatic carbocycles. The maximum atomic E-state index is 11.2. The predicted octanol–water partition coefficient (Wildman–Crippen LogP) is 4.41. The summed E-state index contributed by atoms with van der Waals surface area (Å²) in [6.07, 6.45) is 4.90. The number of ether oxygens (including phenoxy) is 1. The standard InChI is InChI=1S/C11H23NO2.2C2H6.H2/c1-3-5-6-9-12-11(13)8-7-10-14-4-2;2*1-2;/h3-10H2,1-2H3,(H,12,13);2*1-2H3;1H. The molecule has 3 heteroatoms. The summed E-state index contributed by atoms with van der Waals surface area (Å²) in [5, 5.41) is 2.90. The van der Waals surface area contributed by atoms with Gasteiger partial charge in [0.15, 0.2) is 0 Å². The van der Waals surface area contributed by atoms with Crippen LogP contribution in [0.3, 0.4) is 0 Å². The smallest absolute Gasteiger partial charge is 0.220 e. The molecule has 0 saturated heterocycles. The minimum absolute atomic E-state index is 0. The fourth-order valence-electron chi connectivity index (χ4n) is 1.17. The van der Waals surface area contributed by atoms with Crippen LogP contribution in [0.4, 0.5) is 0 Å². The molecule has 0 atom stereocenters. The molecule has 0 aromatic rings. The Balaban J connectivity index is -0.000000204. The van der Waals surface area contributed by atoms with Gasteiger partial charge in [-0.05, 0) is 19.8 Å². The van der Waals surface area contributed by atoms with E-state index in [9.17, 15) is 4.79 Å². The summed E-state index contributed by atoms with van der Waals surface area (Å²) in [5.41, 5.74) is 0. The van der Waals surface area contributed by atoms with Crippen LogP contribution < -0.4 is 5.32 Å². The van der Waals surface area contributed by atoms with Gasteiger partial charge < -0.3 is 10.1 Å². The average Bonchev–Trinajstić information content (AvgIpc) is 2.44. The van der Waals surface area contributed by atoms with Crippen LogP contribution in [0, 0.1) is 0 Å². The highest BCUT2D eigenvalue weighted by atomic mass is 16.5. The summed E-state index contributed by atoms with van der Waals surface area (Å²) < 4.78 is 5.15. The molecule has 0 aliphatic heterocycles. The van der Waals surface area contributed by atoms with Gasteiger partial charge in [-0.3, -0.25) is 4.79 Å². The summed E-state index contributed by atoms with van der Waals surface area (Å²) in [6, 6.07) is 0. The van der Waals surface area contributed by atoms with Crippen molar-refractivity contribution < 1.29 is 11.0 Å². The van der Waals surface area contributed by atoms with Gasteiger partial charge in [0, 0.05) is 27.6 Å². The van der Waals surface area contributed by atoms with Crippen LogP contribution in [0.2, 0.25) is 0 Å². The van der Waals surface area contributed by atoms with Crippen molar-refractivity contribution in [2.24, 2.45) is 0 Å². The van der Waals surface area contributed by atoms with Gasteiger partial charge >= 0.3 is 0 Å². The zero-order chi connectivity index (χ0) is 14.6. The molecule has 1 amide bonds. The van der Waals surface area contributed by atoms with E-state index in [1.807, 2.05) is 34.6 Å². The molecule has 0 saturated carbocycles. The van der Waals surface area contributed by atoms with Crippen LogP contribution in [-0.4, -0.2) is 25.7 Å². The lowest BCUT2D eigenvalue weighted by Crippen LogP contribution is -2.24. The summed E-state index contributed by atoms with van der Waals surface area (Å²) in [4.78, 5) is 11.2. The van der Waals surface area contributed by atoms with Gasteiger partial charge in [0.1, 0.15) is 0 Å². The quantitative estimate of drug-likeness (QED) is 0.626. The molecule has 0 bridgehead atoms. The van der Waals surface area contributed by atoms with Crippen molar-refractivity contribution in [1.82, 2.24) is 5.32 Å². The lowest BCUT2D eigenvalue weighted by molar-refractivity contribution is -0.121. The monoisotopic (exact) mass is 263 g/mol. The third-order valence-corrected chi connectivity index (χ3v) is 2.00. The molecule has 18 heavy (non-hydrogen) atoms. The van der Waals surface area contributed by atoms with E-state index in [1.54, 1.807) is 0 Å². The first-order valence-corrected chi connectivity index (χ1v) is 7.65. The Morgan fingerprint density at radius 1 is 1.06 bits per heavy atom. The summed E-state index contributed by atoms with van der Waals surface area (Å²) in [7, 11) is 0. The SMILES string of the molecule is CC.CC.CCCCCNC(=O)CCCOCC.[HH]. The first-order chi connectivity index (χ1) is 8.81. The number of unbranched alkanes of at least 4 members (excludes halogenated alkanes) is 2. The lowest BCUT2D eigenvalue weighted by Gasteiger charge is -2.04. The van der Waals surface area contributed by atoms with Gasteiger partial charge in [-0.2, -0.15) is 0 Å². The van der Waals surface area contributed by atoms with Crippen LogP contribution in [0.1, 0.15) is 75.1 Å². The number of hydrogen-bond acceptors (Lipinski definition) is 2. The molecular formula is C15H37NO2. The zero-order valence-electron chi connectivity index (χ0n) is 13.5. The third-order valence-electron chi connectivity index (χ3n) is 2.00. The van der Waals surface area contributed by atoms with Crippen molar-refractivity contribution in [1.29, 1.82) is 0 Å². The molecule has 0 aromatic heterocycles. The Kier molecular flexibility index (Phi) is 31.8. The average molecular weight is 263 g/mol. The Labute approximate surface area is 116 Å². The van der Waals surface area contributed by atoms with Gasteiger partial charge in [-0.1, -0.05) is 47.5 Å². The first kappa shape index (κ1) is 22.6. The van der Waals surface area contributed by atoms with Crippen molar-refractivity contribution >= 4 is 5.91 Å². The van der Waals surface area contributed by atoms with Crippen molar-refractivity contribution in [2.75, 3.05) is 19.8 Å². The number of carbonyl (C=O) groups excluding carboxylic acids is 1. The van der Waals surface area contributed by atoms with Crippen molar-refractivity contribution in [3.63, 3.8) is 0 Å². The molecule has 0 spiro atoms. The summed E-state index contributed by atoms with van der Waals surface area (Å²) in [6.45, 7) is 14.4. The fraction of sp³-hybridized carbons (Fsp3) is 0.933. The zero-order valence-corrected chi connectivity index (χ0v) is 13.5. The lowest BCUT2D eigenvalue weighted by atomic mass is 10.2. The second-order valence-electron chi connectivity index (χ2n) is 3.36. The van der Waals surface area contributed by atoms with Crippen LogP contribution in [0.25, 0.3) is 0 Å². The summed E-state index contributed by atoms with van der Waals surface area (Å²) in [5.74, 6) is 0.154. The predicted molar refractivity (Wildman–Crippen MR) is 83.1 cm³/mol. The second kappa shape index (κ2) is 25.3. The molecule has 114 valence electrons. The molecule has 0 rings (SSSR count). The van der Waals surface area contributed by atoms with Gasteiger partial charge in [0.25, 0.3) is 0 Å². The van der Waals surface area contributed by atoms with Crippen LogP contribution in [0.5, 0.6) is 0 Å². The fourth-order valence-corrected chi connectivity index (χ4v) is 1.17. The van der Waals surface area contributed by atoms with E-state index in [4.69, 9.17) is 4.74 Å². The third kappa shape index (κ3) is 24.6.